The lowest BCUT2D eigenvalue weighted by Gasteiger charge is -2.38. The molecule has 0 amide bonds. The normalized spacial score (nSPS) is 17.4. The van der Waals surface area contributed by atoms with Crippen molar-refractivity contribution in [2.75, 3.05) is 7.11 Å². The molecule has 124 valence electrons. The smallest absolute Gasteiger partial charge is 0.176 e. The topological polar surface area (TPSA) is 64.9 Å². The molecule has 1 aliphatic carbocycles. The van der Waals surface area contributed by atoms with Crippen molar-refractivity contribution in [1.82, 2.24) is 25.5 Å². The van der Waals surface area contributed by atoms with E-state index in [2.05, 4.69) is 34.7 Å². The first-order valence-electron chi connectivity index (χ1n) is 8.36. The van der Waals surface area contributed by atoms with Gasteiger partial charge in [-0.15, -0.1) is 5.10 Å². The molecule has 0 unspecified atom stereocenters. The maximum Gasteiger partial charge on any atom is 0.176 e. The second kappa shape index (κ2) is 6.66. The summed E-state index contributed by atoms with van der Waals surface area (Å²) in [7, 11) is 1.67. The number of aromatic nitrogens is 4. The van der Waals surface area contributed by atoms with E-state index >= 15 is 0 Å². The van der Waals surface area contributed by atoms with Crippen LogP contribution in [0, 0.1) is 0 Å². The molecule has 1 fully saturated rings. The first-order valence-corrected chi connectivity index (χ1v) is 8.36. The summed E-state index contributed by atoms with van der Waals surface area (Å²) in [5.41, 5.74) is 0.710. The van der Waals surface area contributed by atoms with Gasteiger partial charge in [0.05, 0.1) is 12.6 Å². The Hall–Kier alpha value is -1.95. The Bertz CT molecular complexity index is 646. The molecule has 1 aromatic heterocycles. The van der Waals surface area contributed by atoms with Crippen LogP contribution in [0.3, 0.4) is 0 Å². The minimum atomic E-state index is -0.170. The predicted octanol–water partition coefficient (Wildman–Crippen LogP) is 2.83. The molecule has 1 N–H and O–H groups in total. The number of rotatable bonds is 5. The fourth-order valence-corrected chi connectivity index (χ4v) is 3.59. The van der Waals surface area contributed by atoms with Crippen LogP contribution in [0.25, 0.3) is 5.69 Å². The summed E-state index contributed by atoms with van der Waals surface area (Å²) >= 11 is 0. The second-order valence-electron chi connectivity index (χ2n) is 6.53. The van der Waals surface area contributed by atoms with Crippen molar-refractivity contribution >= 4 is 0 Å². The average molecular weight is 315 g/mol. The van der Waals surface area contributed by atoms with Crippen molar-refractivity contribution in [3.8, 4) is 11.4 Å². The number of nitrogens with zero attached hydrogens (tertiary/aromatic N) is 4. The highest BCUT2D eigenvalue weighted by molar-refractivity contribution is 5.46. The molecule has 1 saturated carbocycles. The molecule has 0 saturated heterocycles. The summed E-state index contributed by atoms with van der Waals surface area (Å²) in [6.45, 7) is 4.35. The van der Waals surface area contributed by atoms with Gasteiger partial charge in [-0.2, -0.15) is 4.68 Å². The number of ether oxygens (including phenoxy) is 1. The van der Waals surface area contributed by atoms with Crippen LogP contribution in [0.2, 0.25) is 0 Å². The highest BCUT2D eigenvalue weighted by Crippen LogP contribution is 2.37. The third-order valence-electron chi connectivity index (χ3n) is 4.48. The van der Waals surface area contributed by atoms with Gasteiger partial charge in [0, 0.05) is 6.04 Å². The molecule has 0 atom stereocenters. The Morgan fingerprint density at radius 2 is 1.91 bits per heavy atom. The largest absolute Gasteiger partial charge is 0.494 e. The van der Waals surface area contributed by atoms with Crippen LogP contribution in [0.4, 0.5) is 0 Å². The molecule has 1 aromatic carbocycles. The molecule has 1 aliphatic rings. The molecule has 6 heteroatoms. The monoisotopic (exact) mass is 315 g/mol. The molecule has 0 bridgehead atoms. The first kappa shape index (κ1) is 15.9. The quantitative estimate of drug-likeness (QED) is 0.919. The number of hydrogen-bond acceptors (Lipinski definition) is 5. The molecule has 6 nitrogen and oxygen atoms in total. The number of methoxy groups -OCH3 is 1. The van der Waals surface area contributed by atoms with E-state index in [-0.39, 0.29) is 5.54 Å². The highest BCUT2D eigenvalue weighted by atomic mass is 16.5. The van der Waals surface area contributed by atoms with Crippen LogP contribution in [0.1, 0.15) is 51.8 Å². The SMILES string of the molecule is COc1ccccc1-n1nnnc1C1(NC(C)C)CCCCC1. The Morgan fingerprint density at radius 1 is 1.17 bits per heavy atom. The Kier molecular flexibility index (Phi) is 4.61. The predicted molar refractivity (Wildman–Crippen MR) is 88.7 cm³/mol. The molecule has 0 spiro atoms. The van der Waals surface area contributed by atoms with E-state index in [1.54, 1.807) is 7.11 Å². The zero-order valence-corrected chi connectivity index (χ0v) is 14.1. The third-order valence-corrected chi connectivity index (χ3v) is 4.48. The molecule has 3 rings (SSSR count). The first-order chi connectivity index (χ1) is 11.2. The van der Waals surface area contributed by atoms with E-state index in [4.69, 9.17) is 4.74 Å². The summed E-state index contributed by atoms with van der Waals surface area (Å²) in [5, 5.41) is 16.4. The summed E-state index contributed by atoms with van der Waals surface area (Å²) in [6.07, 6.45) is 5.77. The van der Waals surface area contributed by atoms with Gasteiger partial charge in [0.1, 0.15) is 11.4 Å². The number of benzene rings is 1. The van der Waals surface area contributed by atoms with E-state index in [9.17, 15) is 0 Å². The summed E-state index contributed by atoms with van der Waals surface area (Å²) < 4.78 is 7.32. The Morgan fingerprint density at radius 3 is 2.61 bits per heavy atom. The Balaban J connectivity index is 2.07. The second-order valence-corrected chi connectivity index (χ2v) is 6.53. The van der Waals surface area contributed by atoms with E-state index < -0.39 is 0 Å². The number of tetrazole rings is 1. The standard InChI is InChI=1S/C17H25N5O/c1-13(2)18-17(11-7-4-8-12-17)16-19-20-21-22(16)14-9-5-6-10-15(14)23-3/h5-6,9-10,13,18H,4,7-8,11-12H2,1-3H3. The fourth-order valence-electron chi connectivity index (χ4n) is 3.59. The molecular formula is C17H25N5O. The average Bonchev–Trinajstić information content (AvgIpc) is 3.05. The van der Waals surface area contributed by atoms with Crippen LogP contribution < -0.4 is 10.1 Å². The van der Waals surface area contributed by atoms with Crippen LogP contribution in [0.5, 0.6) is 5.75 Å². The van der Waals surface area contributed by atoms with Crippen LogP contribution in [-0.4, -0.2) is 33.4 Å². The molecule has 23 heavy (non-hydrogen) atoms. The molecule has 0 aliphatic heterocycles. The van der Waals surface area contributed by atoms with E-state index in [1.165, 1.54) is 19.3 Å². The molecule has 1 heterocycles. The number of nitrogens with one attached hydrogen (secondary N) is 1. The summed E-state index contributed by atoms with van der Waals surface area (Å²) in [6, 6.07) is 8.23. The van der Waals surface area contributed by atoms with Gasteiger partial charge in [-0.25, -0.2) is 0 Å². The van der Waals surface area contributed by atoms with E-state index in [0.29, 0.717) is 6.04 Å². The van der Waals surface area contributed by atoms with E-state index in [0.717, 1.165) is 30.1 Å². The summed E-state index contributed by atoms with van der Waals surface area (Å²) in [4.78, 5) is 0. The van der Waals surface area contributed by atoms with Crippen LogP contribution >= 0.6 is 0 Å². The van der Waals surface area contributed by atoms with Crippen molar-refractivity contribution in [3.05, 3.63) is 30.1 Å². The number of hydrogen-bond donors (Lipinski definition) is 1. The van der Waals surface area contributed by atoms with Gasteiger partial charge in [-0.3, -0.25) is 0 Å². The minimum absolute atomic E-state index is 0.170. The van der Waals surface area contributed by atoms with Crippen molar-refractivity contribution < 1.29 is 4.74 Å². The van der Waals surface area contributed by atoms with Gasteiger partial charge in [0.2, 0.25) is 0 Å². The maximum atomic E-state index is 5.49. The zero-order valence-electron chi connectivity index (χ0n) is 14.1. The molecule has 0 radical (unpaired) electrons. The van der Waals surface area contributed by atoms with Gasteiger partial charge < -0.3 is 10.1 Å². The lowest BCUT2D eigenvalue weighted by atomic mass is 9.80. The zero-order chi connectivity index (χ0) is 16.3. The summed E-state index contributed by atoms with van der Waals surface area (Å²) in [5.74, 6) is 1.66. The van der Waals surface area contributed by atoms with Crippen LogP contribution in [-0.2, 0) is 5.54 Å². The van der Waals surface area contributed by atoms with Crippen molar-refractivity contribution in [3.63, 3.8) is 0 Å². The third kappa shape index (κ3) is 3.08. The highest BCUT2D eigenvalue weighted by Gasteiger charge is 2.39. The molecular weight excluding hydrogens is 290 g/mol. The minimum Gasteiger partial charge on any atom is -0.494 e. The van der Waals surface area contributed by atoms with Gasteiger partial charge in [-0.05, 0) is 49.2 Å². The Labute approximate surface area is 137 Å². The maximum absolute atomic E-state index is 5.49. The van der Waals surface area contributed by atoms with Crippen LogP contribution in [0.15, 0.2) is 24.3 Å². The van der Waals surface area contributed by atoms with Gasteiger partial charge in [0.15, 0.2) is 5.82 Å². The lowest BCUT2D eigenvalue weighted by molar-refractivity contribution is 0.200. The van der Waals surface area contributed by atoms with E-state index in [1.807, 2.05) is 28.9 Å². The van der Waals surface area contributed by atoms with Crippen molar-refractivity contribution in [2.45, 2.75) is 57.5 Å². The van der Waals surface area contributed by atoms with Crippen molar-refractivity contribution in [2.24, 2.45) is 0 Å². The van der Waals surface area contributed by atoms with Gasteiger partial charge >= 0.3 is 0 Å². The van der Waals surface area contributed by atoms with Gasteiger partial charge in [0.25, 0.3) is 0 Å². The molecule has 2 aromatic rings. The van der Waals surface area contributed by atoms with Crippen molar-refractivity contribution in [1.29, 1.82) is 0 Å². The fraction of sp³-hybridized carbons (Fsp3) is 0.588. The number of para-hydroxylation sites is 2. The van der Waals surface area contributed by atoms with Gasteiger partial charge in [-0.1, -0.05) is 31.4 Å². The lowest BCUT2D eigenvalue weighted by Crippen LogP contribution is -2.49.